The summed E-state index contributed by atoms with van der Waals surface area (Å²) in [6.07, 6.45) is 17.4. The number of hydrogen-bond acceptors (Lipinski definition) is 1. The first-order chi connectivity index (χ1) is 10.7. The first kappa shape index (κ1) is 19.5. The highest BCUT2D eigenvalue weighted by Gasteiger charge is 2.31. The summed E-state index contributed by atoms with van der Waals surface area (Å²) in [5.74, 6) is 0.713. The van der Waals surface area contributed by atoms with Crippen molar-refractivity contribution >= 4 is 5.97 Å². The van der Waals surface area contributed by atoms with Gasteiger partial charge in [-0.3, -0.25) is 4.79 Å². The summed E-state index contributed by atoms with van der Waals surface area (Å²) >= 11 is 0. The van der Waals surface area contributed by atoms with E-state index >= 15 is 0 Å². The lowest BCUT2D eigenvalue weighted by Gasteiger charge is -2.32. The van der Waals surface area contributed by atoms with E-state index in [0.29, 0.717) is 5.92 Å². The van der Waals surface area contributed by atoms with Crippen LogP contribution in [-0.4, -0.2) is 11.1 Å². The SMILES string of the molecule is CCCCCCCC1CCC(C(CCCCC)C(=O)O)CC1. The van der Waals surface area contributed by atoms with Crippen LogP contribution in [0.15, 0.2) is 0 Å². The number of unbranched alkanes of at least 4 members (excludes halogenated alkanes) is 6. The van der Waals surface area contributed by atoms with Crippen LogP contribution in [0.1, 0.15) is 104 Å². The Bertz CT molecular complexity index is 279. The standard InChI is InChI=1S/C20H38O2/c1-3-5-7-8-10-11-17-13-15-18(16-14-17)19(20(21)22)12-9-6-4-2/h17-19H,3-16H2,1-2H3,(H,21,22). The Balaban J connectivity index is 2.22. The third-order valence-corrected chi connectivity index (χ3v) is 5.61. The molecule has 0 saturated heterocycles. The minimum atomic E-state index is -0.542. The molecule has 0 amide bonds. The number of rotatable bonds is 12. The molecule has 0 bridgehead atoms. The fourth-order valence-electron chi connectivity index (χ4n) is 4.09. The van der Waals surface area contributed by atoms with Gasteiger partial charge in [0.2, 0.25) is 0 Å². The normalized spacial score (nSPS) is 23.4. The topological polar surface area (TPSA) is 37.3 Å². The predicted molar refractivity (Wildman–Crippen MR) is 94.1 cm³/mol. The largest absolute Gasteiger partial charge is 0.481 e. The monoisotopic (exact) mass is 310 g/mol. The maximum atomic E-state index is 11.5. The molecule has 130 valence electrons. The van der Waals surface area contributed by atoms with E-state index in [1.807, 2.05) is 0 Å². The Kier molecular flexibility index (Phi) is 10.6. The Morgan fingerprint density at radius 1 is 0.909 bits per heavy atom. The fraction of sp³-hybridized carbons (Fsp3) is 0.950. The molecule has 0 spiro atoms. The van der Waals surface area contributed by atoms with Gasteiger partial charge in [0.1, 0.15) is 0 Å². The van der Waals surface area contributed by atoms with E-state index in [2.05, 4.69) is 13.8 Å². The number of carbonyl (C=O) groups is 1. The second-order valence-electron chi connectivity index (χ2n) is 7.42. The molecule has 0 aromatic heterocycles. The zero-order valence-electron chi connectivity index (χ0n) is 15.0. The molecule has 22 heavy (non-hydrogen) atoms. The summed E-state index contributed by atoms with van der Waals surface area (Å²) < 4.78 is 0. The first-order valence-electron chi connectivity index (χ1n) is 9.91. The van der Waals surface area contributed by atoms with Crippen LogP contribution in [-0.2, 0) is 4.79 Å². The van der Waals surface area contributed by atoms with Crippen LogP contribution in [0.5, 0.6) is 0 Å². The number of carboxylic acid groups (broad SMARTS) is 1. The highest BCUT2D eigenvalue weighted by molar-refractivity contribution is 5.70. The first-order valence-corrected chi connectivity index (χ1v) is 9.91. The molecular formula is C20H38O2. The van der Waals surface area contributed by atoms with E-state index < -0.39 is 5.97 Å². The average molecular weight is 311 g/mol. The second-order valence-corrected chi connectivity index (χ2v) is 7.42. The molecule has 1 N–H and O–H groups in total. The summed E-state index contributed by atoms with van der Waals surface area (Å²) in [6.45, 7) is 4.45. The van der Waals surface area contributed by atoms with E-state index in [-0.39, 0.29) is 5.92 Å². The van der Waals surface area contributed by atoms with Crippen molar-refractivity contribution in [2.75, 3.05) is 0 Å². The molecule has 0 aromatic rings. The van der Waals surface area contributed by atoms with E-state index in [9.17, 15) is 9.90 Å². The quantitative estimate of drug-likeness (QED) is 0.421. The number of aliphatic carboxylic acids is 1. The van der Waals surface area contributed by atoms with Crippen LogP contribution in [0.3, 0.4) is 0 Å². The molecule has 2 nitrogen and oxygen atoms in total. The van der Waals surface area contributed by atoms with Crippen LogP contribution in [0.4, 0.5) is 0 Å². The molecule has 1 aliphatic rings. The average Bonchev–Trinajstić information content (AvgIpc) is 2.52. The molecule has 1 atom stereocenters. The van der Waals surface area contributed by atoms with Crippen LogP contribution >= 0.6 is 0 Å². The molecule has 1 saturated carbocycles. The molecule has 1 unspecified atom stereocenters. The Hall–Kier alpha value is -0.530. The zero-order chi connectivity index (χ0) is 16.2. The molecule has 1 fully saturated rings. The highest BCUT2D eigenvalue weighted by atomic mass is 16.4. The van der Waals surface area contributed by atoms with Gasteiger partial charge in [0.05, 0.1) is 5.92 Å². The molecule has 1 aliphatic carbocycles. The minimum Gasteiger partial charge on any atom is -0.481 e. The third kappa shape index (κ3) is 7.65. The molecule has 0 heterocycles. The maximum absolute atomic E-state index is 11.5. The third-order valence-electron chi connectivity index (χ3n) is 5.61. The number of carboxylic acids is 1. The van der Waals surface area contributed by atoms with Gasteiger partial charge in [-0.1, -0.05) is 84.5 Å². The van der Waals surface area contributed by atoms with Crippen molar-refractivity contribution in [3.63, 3.8) is 0 Å². The fourth-order valence-corrected chi connectivity index (χ4v) is 4.09. The van der Waals surface area contributed by atoms with Gasteiger partial charge in [0.25, 0.3) is 0 Å². The van der Waals surface area contributed by atoms with E-state index in [1.165, 1.54) is 64.2 Å². The van der Waals surface area contributed by atoms with Gasteiger partial charge in [-0.25, -0.2) is 0 Å². The van der Waals surface area contributed by atoms with Gasteiger partial charge in [0.15, 0.2) is 0 Å². The minimum absolute atomic E-state index is 0.0722. The molecule has 0 radical (unpaired) electrons. The molecule has 0 aromatic carbocycles. The molecule has 0 aliphatic heterocycles. The van der Waals surface area contributed by atoms with Crippen LogP contribution in [0.25, 0.3) is 0 Å². The van der Waals surface area contributed by atoms with Gasteiger partial charge < -0.3 is 5.11 Å². The van der Waals surface area contributed by atoms with Crippen LogP contribution in [0, 0.1) is 17.8 Å². The summed E-state index contributed by atoms with van der Waals surface area (Å²) in [5, 5.41) is 9.51. The van der Waals surface area contributed by atoms with E-state index in [1.54, 1.807) is 0 Å². The van der Waals surface area contributed by atoms with Crippen LogP contribution in [0.2, 0.25) is 0 Å². The summed E-state index contributed by atoms with van der Waals surface area (Å²) in [4.78, 5) is 11.5. The van der Waals surface area contributed by atoms with Crippen molar-refractivity contribution < 1.29 is 9.90 Å². The van der Waals surface area contributed by atoms with Gasteiger partial charge in [-0.05, 0) is 31.1 Å². The zero-order valence-corrected chi connectivity index (χ0v) is 15.0. The van der Waals surface area contributed by atoms with Crippen LogP contribution < -0.4 is 0 Å². The maximum Gasteiger partial charge on any atom is 0.306 e. The Morgan fingerprint density at radius 2 is 1.50 bits per heavy atom. The van der Waals surface area contributed by atoms with Gasteiger partial charge >= 0.3 is 5.97 Å². The van der Waals surface area contributed by atoms with E-state index in [0.717, 1.165) is 31.6 Å². The van der Waals surface area contributed by atoms with Gasteiger partial charge in [-0.2, -0.15) is 0 Å². The predicted octanol–water partition coefficient (Wildman–Crippen LogP) is 6.43. The summed E-state index contributed by atoms with van der Waals surface area (Å²) in [6, 6.07) is 0. The lowest BCUT2D eigenvalue weighted by atomic mass is 9.73. The summed E-state index contributed by atoms with van der Waals surface area (Å²) in [5.41, 5.74) is 0. The van der Waals surface area contributed by atoms with Gasteiger partial charge in [-0.15, -0.1) is 0 Å². The lowest BCUT2D eigenvalue weighted by molar-refractivity contribution is -0.144. The van der Waals surface area contributed by atoms with E-state index in [4.69, 9.17) is 0 Å². The smallest absolute Gasteiger partial charge is 0.306 e. The second kappa shape index (κ2) is 12.0. The molecular weight excluding hydrogens is 272 g/mol. The highest BCUT2D eigenvalue weighted by Crippen LogP contribution is 2.37. The van der Waals surface area contributed by atoms with Crippen molar-refractivity contribution in [2.24, 2.45) is 17.8 Å². The van der Waals surface area contributed by atoms with Gasteiger partial charge in [0, 0.05) is 0 Å². The van der Waals surface area contributed by atoms with Crippen molar-refractivity contribution in [2.45, 2.75) is 104 Å². The Labute approximate surface area is 138 Å². The Morgan fingerprint density at radius 3 is 2.09 bits per heavy atom. The van der Waals surface area contributed by atoms with Crippen molar-refractivity contribution in [1.82, 2.24) is 0 Å². The number of hydrogen-bond donors (Lipinski definition) is 1. The summed E-state index contributed by atoms with van der Waals surface area (Å²) in [7, 11) is 0. The molecule has 1 rings (SSSR count). The van der Waals surface area contributed by atoms with Crippen molar-refractivity contribution in [1.29, 1.82) is 0 Å². The van der Waals surface area contributed by atoms with Crippen molar-refractivity contribution in [3.8, 4) is 0 Å². The lowest BCUT2D eigenvalue weighted by Crippen LogP contribution is -2.27. The van der Waals surface area contributed by atoms with Crippen molar-refractivity contribution in [3.05, 3.63) is 0 Å². The molecule has 2 heteroatoms.